The van der Waals surface area contributed by atoms with E-state index in [4.69, 9.17) is 9.47 Å². The lowest BCUT2D eigenvalue weighted by Crippen LogP contribution is -2.33. The van der Waals surface area contributed by atoms with Gasteiger partial charge in [-0.25, -0.2) is 4.79 Å². The Morgan fingerprint density at radius 1 is 1.15 bits per heavy atom. The highest BCUT2D eigenvalue weighted by atomic mass is 16.6. The lowest BCUT2D eigenvalue weighted by atomic mass is 9.94. The first kappa shape index (κ1) is 20.3. The van der Waals surface area contributed by atoms with Gasteiger partial charge in [0.15, 0.2) is 11.5 Å². The number of amides is 2. The van der Waals surface area contributed by atoms with E-state index >= 15 is 0 Å². The number of carbonyl (C=O) groups is 2. The summed E-state index contributed by atoms with van der Waals surface area (Å²) >= 11 is 0. The highest BCUT2D eigenvalue weighted by Crippen LogP contribution is 2.34. The fourth-order valence-electron chi connectivity index (χ4n) is 2.65. The molecule has 3 N–H and O–H groups in total. The van der Waals surface area contributed by atoms with E-state index in [0.717, 1.165) is 0 Å². The van der Waals surface area contributed by atoms with Crippen LogP contribution in [0.4, 0.5) is 4.79 Å². The van der Waals surface area contributed by atoms with Gasteiger partial charge in [-0.3, -0.25) is 10.1 Å². The minimum absolute atomic E-state index is 0.0896. The van der Waals surface area contributed by atoms with Crippen molar-refractivity contribution in [2.75, 3.05) is 13.7 Å². The van der Waals surface area contributed by atoms with Crippen LogP contribution in [-0.4, -0.2) is 35.9 Å². The van der Waals surface area contributed by atoms with Crippen LogP contribution in [0.3, 0.4) is 0 Å². The zero-order chi connectivity index (χ0) is 19.8. The molecule has 0 aliphatic rings. The van der Waals surface area contributed by atoms with Crippen LogP contribution in [-0.2, 0) is 4.74 Å². The number of benzene rings is 2. The zero-order valence-electron chi connectivity index (χ0n) is 15.2. The average Bonchev–Trinajstić information content (AvgIpc) is 2.66. The smallest absolute Gasteiger partial charge is 0.414 e. The van der Waals surface area contributed by atoms with Crippen LogP contribution in [0.1, 0.15) is 35.4 Å². The summed E-state index contributed by atoms with van der Waals surface area (Å²) in [4.78, 5) is 24.3. The molecule has 2 amide bonds. The van der Waals surface area contributed by atoms with Gasteiger partial charge in [0.1, 0.15) is 6.10 Å². The second-order valence-electron chi connectivity index (χ2n) is 6.07. The van der Waals surface area contributed by atoms with E-state index in [1.807, 2.05) is 0 Å². The first-order valence-electron chi connectivity index (χ1n) is 8.51. The van der Waals surface area contributed by atoms with Gasteiger partial charge < -0.3 is 19.7 Å². The van der Waals surface area contributed by atoms with Gasteiger partial charge in [-0.1, -0.05) is 31.2 Å². The normalized spacial score (nSPS) is 12.7. The van der Waals surface area contributed by atoms with E-state index in [0.29, 0.717) is 17.5 Å². The summed E-state index contributed by atoms with van der Waals surface area (Å²) in [6, 6.07) is 12.9. The maximum absolute atomic E-state index is 12.2. The van der Waals surface area contributed by atoms with Gasteiger partial charge in [0.25, 0.3) is 5.91 Å². The molecule has 2 aromatic carbocycles. The zero-order valence-corrected chi connectivity index (χ0v) is 15.2. The number of hydrogen-bond acceptors (Lipinski definition) is 6. The van der Waals surface area contributed by atoms with Crippen molar-refractivity contribution >= 4 is 12.0 Å². The molecule has 2 atom stereocenters. The first-order valence-corrected chi connectivity index (χ1v) is 8.51. The lowest BCUT2D eigenvalue weighted by Gasteiger charge is -2.24. The molecule has 0 bridgehead atoms. The SMILES string of the molecule is COc1ccc([C@H](OC(=O)NC(=O)c2ccccc2)[C@H](C)CCO)cc1O. The third kappa shape index (κ3) is 5.46. The molecule has 144 valence electrons. The molecule has 0 heterocycles. The minimum atomic E-state index is -0.908. The Labute approximate surface area is 157 Å². The third-order valence-corrected chi connectivity index (χ3v) is 4.12. The number of aliphatic hydroxyl groups is 1. The molecular weight excluding hydrogens is 350 g/mol. The van der Waals surface area contributed by atoms with Gasteiger partial charge in [0, 0.05) is 12.2 Å². The number of imide groups is 1. The van der Waals surface area contributed by atoms with Crippen molar-refractivity contribution in [3.8, 4) is 11.5 Å². The molecule has 0 unspecified atom stereocenters. The van der Waals surface area contributed by atoms with E-state index in [1.54, 1.807) is 49.4 Å². The molecule has 0 aliphatic heterocycles. The van der Waals surface area contributed by atoms with Crippen molar-refractivity contribution in [1.29, 1.82) is 0 Å². The van der Waals surface area contributed by atoms with Gasteiger partial charge in [-0.05, 0) is 42.2 Å². The minimum Gasteiger partial charge on any atom is -0.504 e. The number of phenolic OH excluding ortho intramolecular Hbond substituents is 1. The predicted molar refractivity (Wildman–Crippen MR) is 98.7 cm³/mol. The van der Waals surface area contributed by atoms with Crippen molar-refractivity contribution < 1.29 is 29.3 Å². The topological polar surface area (TPSA) is 105 Å². The fraction of sp³-hybridized carbons (Fsp3) is 0.300. The van der Waals surface area contributed by atoms with Crippen LogP contribution in [0.5, 0.6) is 11.5 Å². The predicted octanol–water partition coefficient (Wildman–Crippen LogP) is 3.03. The van der Waals surface area contributed by atoms with Crippen LogP contribution in [0.15, 0.2) is 48.5 Å². The standard InChI is InChI=1S/C20H23NO6/c1-13(10-11-22)18(15-8-9-17(26-2)16(23)12-15)27-20(25)21-19(24)14-6-4-3-5-7-14/h3-9,12-13,18,22-23H,10-11H2,1-2H3,(H,21,24,25)/t13-,18-/m1/s1. The van der Waals surface area contributed by atoms with Crippen LogP contribution in [0, 0.1) is 5.92 Å². The molecule has 0 saturated carbocycles. The number of methoxy groups -OCH3 is 1. The summed E-state index contributed by atoms with van der Waals surface area (Å²) in [5.74, 6) is -0.635. The molecule has 0 radical (unpaired) electrons. The fourth-order valence-corrected chi connectivity index (χ4v) is 2.65. The van der Waals surface area contributed by atoms with Crippen LogP contribution in [0.25, 0.3) is 0 Å². The van der Waals surface area contributed by atoms with Crippen LogP contribution < -0.4 is 10.1 Å². The molecule has 7 nitrogen and oxygen atoms in total. The van der Waals surface area contributed by atoms with E-state index < -0.39 is 18.1 Å². The Morgan fingerprint density at radius 3 is 2.44 bits per heavy atom. The third-order valence-electron chi connectivity index (χ3n) is 4.12. The molecule has 0 saturated heterocycles. The summed E-state index contributed by atoms with van der Waals surface area (Å²) in [6.45, 7) is 1.71. The highest BCUT2D eigenvalue weighted by Gasteiger charge is 2.25. The number of hydrogen-bond donors (Lipinski definition) is 3. The number of aliphatic hydroxyl groups excluding tert-OH is 1. The molecule has 0 aromatic heterocycles. The molecule has 0 fully saturated rings. The summed E-state index contributed by atoms with van der Waals surface area (Å²) < 4.78 is 10.5. The Bertz CT molecular complexity index is 777. The molecule has 2 rings (SSSR count). The van der Waals surface area contributed by atoms with Crippen molar-refractivity contribution in [3.63, 3.8) is 0 Å². The summed E-state index contributed by atoms with van der Waals surface area (Å²) in [5, 5.41) is 21.4. The molecule has 0 spiro atoms. The molecular formula is C20H23NO6. The molecule has 27 heavy (non-hydrogen) atoms. The second-order valence-corrected chi connectivity index (χ2v) is 6.07. The highest BCUT2D eigenvalue weighted by molar-refractivity contribution is 6.02. The lowest BCUT2D eigenvalue weighted by molar-refractivity contribution is 0.0544. The Morgan fingerprint density at radius 2 is 1.85 bits per heavy atom. The van der Waals surface area contributed by atoms with Gasteiger partial charge in [-0.2, -0.15) is 0 Å². The molecule has 0 aliphatic carbocycles. The number of aromatic hydroxyl groups is 1. The van der Waals surface area contributed by atoms with Gasteiger partial charge >= 0.3 is 6.09 Å². The summed E-state index contributed by atoms with van der Waals surface area (Å²) in [5.41, 5.74) is 0.855. The number of nitrogens with one attached hydrogen (secondary N) is 1. The van der Waals surface area contributed by atoms with Gasteiger partial charge in [0.2, 0.25) is 0 Å². The Hall–Kier alpha value is -3.06. The number of carbonyl (C=O) groups excluding carboxylic acids is 2. The number of alkyl carbamates (subject to hydrolysis) is 1. The van der Waals surface area contributed by atoms with E-state index in [-0.39, 0.29) is 24.0 Å². The van der Waals surface area contributed by atoms with Crippen molar-refractivity contribution in [3.05, 3.63) is 59.7 Å². The average molecular weight is 373 g/mol. The largest absolute Gasteiger partial charge is 0.504 e. The monoisotopic (exact) mass is 373 g/mol. The number of ether oxygens (including phenoxy) is 2. The van der Waals surface area contributed by atoms with Crippen LogP contribution >= 0.6 is 0 Å². The van der Waals surface area contributed by atoms with Gasteiger partial charge in [0.05, 0.1) is 7.11 Å². The van der Waals surface area contributed by atoms with Crippen molar-refractivity contribution in [1.82, 2.24) is 5.32 Å². The number of phenols is 1. The molecule has 7 heteroatoms. The van der Waals surface area contributed by atoms with Crippen molar-refractivity contribution in [2.24, 2.45) is 5.92 Å². The van der Waals surface area contributed by atoms with Gasteiger partial charge in [-0.15, -0.1) is 0 Å². The van der Waals surface area contributed by atoms with E-state index in [9.17, 15) is 19.8 Å². The van der Waals surface area contributed by atoms with Crippen LogP contribution in [0.2, 0.25) is 0 Å². The van der Waals surface area contributed by atoms with E-state index in [2.05, 4.69) is 5.32 Å². The Kier molecular flexibility index (Phi) is 7.19. The maximum atomic E-state index is 12.2. The first-order chi connectivity index (χ1) is 13.0. The van der Waals surface area contributed by atoms with E-state index in [1.165, 1.54) is 13.2 Å². The summed E-state index contributed by atoms with van der Waals surface area (Å²) in [6.07, 6.45) is -1.30. The van der Waals surface area contributed by atoms with Crippen molar-refractivity contribution in [2.45, 2.75) is 19.4 Å². The Balaban J connectivity index is 2.15. The second kappa shape index (κ2) is 9.59. The summed E-state index contributed by atoms with van der Waals surface area (Å²) in [7, 11) is 1.43. The number of rotatable bonds is 7. The maximum Gasteiger partial charge on any atom is 0.414 e. The quantitative estimate of drug-likeness (QED) is 0.689. The molecule has 2 aromatic rings.